The molecule has 1 fully saturated rings. The van der Waals surface area contributed by atoms with Gasteiger partial charge in [0.05, 0.1) is 0 Å². The SMILES string of the molecule is CN[C@H]1CCNC1.O=C(O)C(F)(F)F. The number of hydrogen-bond donors (Lipinski definition) is 3. The second kappa shape index (κ2) is 5.82. The first-order valence-corrected chi connectivity index (χ1v) is 4.06. The Morgan fingerprint density at radius 2 is 2.07 bits per heavy atom. The van der Waals surface area contributed by atoms with Crippen LogP contribution in [0.2, 0.25) is 0 Å². The molecular formula is C7H13F3N2O2. The van der Waals surface area contributed by atoms with Crippen LogP contribution in [-0.2, 0) is 4.79 Å². The molecule has 1 atom stereocenters. The Labute approximate surface area is 79.5 Å². The Kier molecular flexibility index (Phi) is 5.47. The number of nitrogens with one attached hydrogen (secondary N) is 2. The van der Waals surface area contributed by atoms with E-state index in [1.54, 1.807) is 0 Å². The third-order valence-corrected chi connectivity index (χ3v) is 1.71. The number of hydrogen-bond acceptors (Lipinski definition) is 3. The molecular weight excluding hydrogens is 201 g/mol. The van der Waals surface area contributed by atoms with Gasteiger partial charge in [-0.2, -0.15) is 13.2 Å². The van der Waals surface area contributed by atoms with Crippen molar-refractivity contribution in [3.05, 3.63) is 0 Å². The van der Waals surface area contributed by atoms with E-state index in [0.717, 1.165) is 12.6 Å². The quantitative estimate of drug-likeness (QED) is 0.583. The summed E-state index contributed by atoms with van der Waals surface area (Å²) in [4.78, 5) is 8.90. The molecule has 1 aliphatic heterocycles. The Balaban J connectivity index is 0.000000241. The maximum atomic E-state index is 10.6. The minimum Gasteiger partial charge on any atom is -0.475 e. The van der Waals surface area contributed by atoms with E-state index >= 15 is 0 Å². The number of rotatable bonds is 1. The van der Waals surface area contributed by atoms with E-state index in [2.05, 4.69) is 10.6 Å². The maximum Gasteiger partial charge on any atom is 0.490 e. The van der Waals surface area contributed by atoms with Gasteiger partial charge in [-0.25, -0.2) is 4.79 Å². The Morgan fingerprint density at radius 3 is 2.21 bits per heavy atom. The van der Waals surface area contributed by atoms with Gasteiger partial charge in [0.1, 0.15) is 0 Å². The second-order valence-electron chi connectivity index (χ2n) is 2.78. The first-order valence-electron chi connectivity index (χ1n) is 4.06. The first kappa shape index (κ1) is 13.2. The molecule has 1 heterocycles. The largest absolute Gasteiger partial charge is 0.490 e. The smallest absolute Gasteiger partial charge is 0.475 e. The summed E-state index contributed by atoms with van der Waals surface area (Å²) in [5.74, 6) is -2.76. The van der Waals surface area contributed by atoms with E-state index < -0.39 is 12.1 Å². The highest BCUT2D eigenvalue weighted by atomic mass is 19.4. The van der Waals surface area contributed by atoms with Crippen molar-refractivity contribution in [3.63, 3.8) is 0 Å². The fourth-order valence-electron chi connectivity index (χ4n) is 0.901. The van der Waals surface area contributed by atoms with E-state index in [1.807, 2.05) is 7.05 Å². The molecule has 0 unspecified atom stereocenters. The van der Waals surface area contributed by atoms with Crippen molar-refractivity contribution >= 4 is 5.97 Å². The summed E-state index contributed by atoms with van der Waals surface area (Å²) in [6.45, 7) is 2.34. The standard InChI is InChI=1S/C5H12N2.C2HF3O2/c1-6-5-2-3-7-4-5;3-2(4,5)1(6)7/h5-7H,2-4H2,1H3;(H,6,7)/t5-;/m0./s1. The summed E-state index contributed by atoms with van der Waals surface area (Å²) in [5, 5.41) is 13.6. The van der Waals surface area contributed by atoms with Crippen LogP contribution >= 0.6 is 0 Å². The lowest BCUT2D eigenvalue weighted by molar-refractivity contribution is -0.192. The molecule has 3 N–H and O–H groups in total. The minimum atomic E-state index is -5.08. The summed E-state index contributed by atoms with van der Waals surface area (Å²) in [6, 6.07) is 0.736. The van der Waals surface area contributed by atoms with Crippen molar-refractivity contribution in [2.75, 3.05) is 20.1 Å². The van der Waals surface area contributed by atoms with Gasteiger partial charge in [0, 0.05) is 12.6 Å². The van der Waals surface area contributed by atoms with Crippen LogP contribution in [0.4, 0.5) is 13.2 Å². The van der Waals surface area contributed by atoms with Gasteiger partial charge in [-0.15, -0.1) is 0 Å². The molecule has 84 valence electrons. The van der Waals surface area contributed by atoms with E-state index in [4.69, 9.17) is 9.90 Å². The van der Waals surface area contributed by atoms with Crippen LogP contribution in [0.1, 0.15) is 6.42 Å². The topological polar surface area (TPSA) is 61.4 Å². The predicted octanol–water partition coefficient (Wildman–Crippen LogP) is 0.201. The highest BCUT2D eigenvalue weighted by Gasteiger charge is 2.38. The minimum absolute atomic E-state index is 0.736. The molecule has 0 aliphatic carbocycles. The van der Waals surface area contributed by atoms with Gasteiger partial charge in [-0.1, -0.05) is 0 Å². The fraction of sp³-hybridized carbons (Fsp3) is 0.857. The van der Waals surface area contributed by atoms with Crippen molar-refractivity contribution < 1.29 is 23.1 Å². The highest BCUT2D eigenvalue weighted by Crippen LogP contribution is 2.13. The Morgan fingerprint density at radius 1 is 1.57 bits per heavy atom. The summed E-state index contributed by atoms with van der Waals surface area (Å²) in [5.41, 5.74) is 0. The lowest BCUT2D eigenvalue weighted by atomic mass is 10.3. The third-order valence-electron chi connectivity index (χ3n) is 1.71. The molecule has 7 heteroatoms. The zero-order valence-corrected chi connectivity index (χ0v) is 7.69. The zero-order chi connectivity index (χ0) is 11.2. The summed E-state index contributed by atoms with van der Waals surface area (Å²) in [7, 11) is 2.01. The van der Waals surface area contributed by atoms with Crippen molar-refractivity contribution in [2.45, 2.75) is 18.6 Å². The summed E-state index contributed by atoms with van der Waals surface area (Å²) in [6.07, 6.45) is -3.80. The molecule has 0 bridgehead atoms. The monoisotopic (exact) mass is 214 g/mol. The average molecular weight is 214 g/mol. The van der Waals surface area contributed by atoms with Gasteiger partial charge in [-0.3, -0.25) is 0 Å². The average Bonchev–Trinajstić information content (AvgIpc) is 2.54. The van der Waals surface area contributed by atoms with Gasteiger partial charge in [-0.05, 0) is 20.0 Å². The van der Waals surface area contributed by atoms with Crippen LogP contribution in [0.25, 0.3) is 0 Å². The first-order chi connectivity index (χ1) is 6.38. The number of carbonyl (C=O) groups is 1. The van der Waals surface area contributed by atoms with Gasteiger partial charge in [0.15, 0.2) is 0 Å². The summed E-state index contributed by atoms with van der Waals surface area (Å²) >= 11 is 0. The Hall–Kier alpha value is -0.820. The van der Waals surface area contributed by atoms with Crippen LogP contribution in [0.3, 0.4) is 0 Å². The van der Waals surface area contributed by atoms with Gasteiger partial charge in [0.2, 0.25) is 0 Å². The van der Waals surface area contributed by atoms with Crippen LogP contribution in [-0.4, -0.2) is 43.4 Å². The number of carboxylic acids is 1. The van der Waals surface area contributed by atoms with Crippen molar-refractivity contribution in [1.82, 2.24) is 10.6 Å². The van der Waals surface area contributed by atoms with Gasteiger partial charge >= 0.3 is 12.1 Å². The van der Waals surface area contributed by atoms with Gasteiger partial charge < -0.3 is 15.7 Å². The van der Waals surface area contributed by atoms with Crippen molar-refractivity contribution in [2.24, 2.45) is 0 Å². The molecule has 4 nitrogen and oxygen atoms in total. The molecule has 1 rings (SSSR count). The third kappa shape index (κ3) is 5.76. The molecule has 1 aliphatic rings. The van der Waals surface area contributed by atoms with Crippen LogP contribution in [0.5, 0.6) is 0 Å². The van der Waals surface area contributed by atoms with E-state index in [9.17, 15) is 13.2 Å². The molecule has 0 spiro atoms. The number of carboxylic acid groups (broad SMARTS) is 1. The van der Waals surface area contributed by atoms with E-state index in [0.29, 0.717) is 0 Å². The molecule has 14 heavy (non-hydrogen) atoms. The van der Waals surface area contributed by atoms with E-state index in [-0.39, 0.29) is 0 Å². The molecule has 0 radical (unpaired) electrons. The zero-order valence-electron chi connectivity index (χ0n) is 7.69. The lowest BCUT2D eigenvalue weighted by Gasteiger charge is -2.02. The molecule has 0 aromatic rings. The molecule has 0 aromatic carbocycles. The predicted molar refractivity (Wildman–Crippen MR) is 44.0 cm³/mol. The van der Waals surface area contributed by atoms with Gasteiger partial charge in [0.25, 0.3) is 0 Å². The van der Waals surface area contributed by atoms with Crippen molar-refractivity contribution in [3.8, 4) is 0 Å². The number of halogens is 3. The lowest BCUT2D eigenvalue weighted by Crippen LogP contribution is -2.26. The molecule has 1 saturated heterocycles. The fourth-order valence-corrected chi connectivity index (χ4v) is 0.901. The maximum absolute atomic E-state index is 10.6. The number of alkyl halides is 3. The van der Waals surface area contributed by atoms with Crippen LogP contribution in [0.15, 0.2) is 0 Å². The summed E-state index contributed by atoms with van der Waals surface area (Å²) < 4.78 is 31.7. The normalized spacial score (nSPS) is 21.3. The molecule has 0 aromatic heterocycles. The van der Waals surface area contributed by atoms with E-state index in [1.165, 1.54) is 13.0 Å². The molecule has 0 saturated carbocycles. The second-order valence-corrected chi connectivity index (χ2v) is 2.78. The highest BCUT2D eigenvalue weighted by molar-refractivity contribution is 5.73. The number of likely N-dealkylation sites (N-methyl/N-ethyl adjacent to an activating group) is 1. The molecule has 0 amide bonds. The number of aliphatic carboxylic acids is 1. The van der Waals surface area contributed by atoms with Crippen LogP contribution < -0.4 is 10.6 Å². The van der Waals surface area contributed by atoms with Crippen molar-refractivity contribution in [1.29, 1.82) is 0 Å². The Bertz CT molecular complexity index is 178. The van der Waals surface area contributed by atoms with Crippen LogP contribution in [0, 0.1) is 0 Å².